The first kappa shape index (κ1) is 21.7. The van der Waals surface area contributed by atoms with Gasteiger partial charge < -0.3 is 15.8 Å². The molecule has 9 heteroatoms. The number of para-hydroxylation sites is 1. The first-order valence-electron chi connectivity index (χ1n) is 8.60. The number of urea groups is 1. The maximum Gasteiger partial charge on any atom is 0.312 e. The van der Waals surface area contributed by atoms with E-state index in [9.17, 15) is 14.4 Å². The number of hydrogen-bond acceptors (Lipinski definition) is 5. The van der Waals surface area contributed by atoms with Gasteiger partial charge in [-0.1, -0.05) is 41.9 Å². The van der Waals surface area contributed by atoms with Crippen LogP contribution >= 0.6 is 11.6 Å². The van der Waals surface area contributed by atoms with Gasteiger partial charge >= 0.3 is 12.0 Å². The zero-order chi connectivity index (χ0) is 21.2. The summed E-state index contributed by atoms with van der Waals surface area (Å²) in [6.07, 6.45) is -0.235. The highest BCUT2D eigenvalue weighted by Gasteiger charge is 2.21. The van der Waals surface area contributed by atoms with Crippen molar-refractivity contribution in [2.24, 2.45) is 5.73 Å². The van der Waals surface area contributed by atoms with Gasteiger partial charge in [0.05, 0.1) is 18.5 Å². The molecule has 1 atom stereocenters. The summed E-state index contributed by atoms with van der Waals surface area (Å²) in [4.78, 5) is 37.1. The standard InChI is InChI=1S/C20H19ClN4O4/c21-15-8-6-14(7-9-15)17(24-20(23)28)12-19(27)29-13-18(26)25(11-10-22)16-4-2-1-3-5-16/h1-9,17H,11-13H2,(H3,23,24,28)/t17-/m1/s1. The van der Waals surface area contributed by atoms with Gasteiger partial charge in [-0.25, -0.2) is 4.79 Å². The number of rotatable bonds is 8. The quantitative estimate of drug-likeness (QED) is 0.507. The number of carbonyl (C=O) groups is 3. The van der Waals surface area contributed by atoms with Crippen LogP contribution in [0, 0.1) is 11.3 Å². The number of nitrogens with one attached hydrogen (secondary N) is 1. The van der Waals surface area contributed by atoms with Crippen LogP contribution in [-0.4, -0.2) is 31.1 Å². The molecule has 0 aliphatic carbocycles. The lowest BCUT2D eigenvalue weighted by atomic mass is 10.0. The Bertz CT molecular complexity index is 897. The smallest absolute Gasteiger partial charge is 0.312 e. The number of anilines is 1. The number of nitriles is 1. The summed E-state index contributed by atoms with van der Waals surface area (Å²) >= 11 is 5.85. The number of nitrogens with two attached hydrogens (primary N) is 1. The molecular formula is C20H19ClN4O4. The molecule has 2 rings (SSSR count). The van der Waals surface area contributed by atoms with Crippen LogP contribution in [0.3, 0.4) is 0 Å². The van der Waals surface area contributed by atoms with Crippen molar-refractivity contribution < 1.29 is 19.1 Å². The Morgan fingerprint density at radius 2 is 1.79 bits per heavy atom. The van der Waals surface area contributed by atoms with Crippen molar-refractivity contribution in [2.75, 3.05) is 18.1 Å². The topological polar surface area (TPSA) is 126 Å². The molecule has 2 aromatic carbocycles. The fourth-order valence-electron chi connectivity index (χ4n) is 2.57. The molecule has 0 fully saturated rings. The molecule has 0 unspecified atom stereocenters. The van der Waals surface area contributed by atoms with Crippen LogP contribution in [0.15, 0.2) is 54.6 Å². The van der Waals surface area contributed by atoms with Gasteiger partial charge in [0, 0.05) is 10.7 Å². The minimum absolute atomic E-state index is 0.184. The zero-order valence-electron chi connectivity index (χ0n) is 15.4. The van der Waals surface area contributed by atoms with E-state index in [-0.39, 0.29) is 13.0 Å². The highest BCUT2D eigenvalue weighted by atomic mass is 35.5. The second kappa shape index (κ2) is 10.7. The second-order valence-electron chi connectivity index (χ2n) is 5.95. The number of benzene rings is 2. The van der Waals surface area contributed by atoms with Crippen LogP contribution in [0.2, 0.25) is 5.02 Å². The van der Waals surface area contributed by atoms with Gasteiger partial charge in [0.25, 0.3) is 5.91 Å². The van der Waals surface area contributed by atoms with Crippen molar-refractivity contribution in [2.45, 2.75) is 12.5 Å². The summed E-state index contributed by atoms with van der Waals surface area (Å²) in [6, 6.07) is 15.4. The molecule has 29 heavy (non-hydrogen) atoms. The van der Waals surface area contributed by atoms with Crippen LogP contribution in [0.5, 0.6) is 0 Å². The van der Waals surface area contributed by atoms with E-state index in [2.05, 4.69) is 5.32 Å². The molecule has 0 aliphatic rings. The van der Waals surface area contributed by atoms with E-state index in [1.807, 2.05) is 6.07 Å². The Labute approximate surface area is 172 Å². The van der Waals surface area contributed by atoms with E-state index < -0.39 is 30.6 Å². The third kappa shape index (κ3) is 6.83. The molecule has 0 bridgehead atoms. The highest BCUT2D eigenvalue weighted by Crippen LogP contribution is 2.20. The Balaban J connectivity index is 2.00. The molecular weight excluding hydrogens is 396 g/mol. The largest absolute Gasteiger partial charge is 0.455 e. The van der Waals surface area contributed by atoms with Crippen molar-refractivity contribution in [3.05, 3.63) is 65.2 Å². The van der Waals surface area contributed by atoms with Crippen molar-refractivity contribution in [3.63, 3.8) is 0 Å². The number of halogens is 1. The van der Waals surface area contributed by atoms with E-state index in [0.717, 1.165) is 0 Å². The van der Waals surface area contributed by atoms with E-state index >= 15 is 0 Å². The average molecular weight is 415 g/mol. The molecule has 2 aromatic rings. The van der Waals surface area contributed by atoms with Gasteiger partial charge in [-0.3, -0.25) is 14.5 Å². The van der Waals surface area contributed by atoms with Gasteiger partial charge in [-0.05, 0) is 29.8 Å². The maximum atomic E-state index is 12.4. The minimum atomic E-state index is -0.807. The van der Waals surface area contributed by atoms with Gasteiger partial charge in [-0.15, -0.1) is 0 Å². The average Bonchev–Trinajstić information content (AvgIpc) is 2.70. The number of nitrogens with zero attached hydrogens (tertiary/aromatic N) is 2. The number of amides is 3. The number of esters is 1. The molecule has 0 aromatic heterocycles. The SMILES string of the molecule is N#CCN(C(=O)COC(=O)C[C@@H](NC(N)=O)c1ccc(Cl)cc1)c1ccccc1. The summed E-state index contributed by atoms with van der Waals surface area (Å²) < 4.78 is 5.05. The van der Waals surface area contributed by atoms with Crippen LogP contribution in [0.1, 0.15) is 18.0 Å². The lowest BCUT2D eigenvalue weighted by Crippen LogP contribution is -2.37. The van der Waals surface area contributed by atoms with Crippen molar-refractivity contribution in [1.29, 1.82) is 5.26 Å². The van der Waals surface area contributed by atoms with Crippen molar-refractivity contribution in [3.8, 4) is 6.07 Å². The molecule has 8 nitrogen and oxygen atoms in total. The fourth-order valence-corrected chi connectivity index (χ4v) is 2.69. The first-order chi connectivity index (χ1) is 13.9. The predicted octanol–water partition coefficient (Wildman–Crippen LogP) is 2.54. The fraction of sp³-hybridized carbons (Fsp3) is 0.200. The summed E-state index contributed by atoms with van der Waals surface area (Å²) in [7, 11) is 0. The summed E-state index contributed by atoms with van der Waals surface area (Å²) in [5.41, 5.74) is 6.30. The number of carbonyl (C=O) groups excluding carboxylic acids is 3. The third-order valence-electron chi connectivity index (χ3n) is 3.91. The maximum absolute atomic E-state index is 12.4. The van der Waals surface area contributed by atoms with E-state index in [4.69, 9.17) is 27.3 Å². The summed E-state index contributed by atoms with van der Waals surface area (Å²) in [5, 5.41) is 11.9. The van der Waals surface area contributed by atoms with E-state index in [1.54, 1.807) is 54.6 Å². The summed E-state index contributed by atoms with van der Waals surface area (Å²) in [6.45, 7) is -0.726. The van der Waals surface area contributed by atoms with Gasteiger partial charge in [0.15, 0.2) is 6.61 Å². The normalized spacial score (nSPS) is 11.0. The molecule has 3 N–H and O–H groups in total. The molecule has 3 amide bonds. The highest BCUT2D eigenvalue weighted by molar-refractivity contribution is 6.30. The molecule has 0 radical (unpaired) electrons. The number of hydrogen-bond donors (Lipinski definition) is 2. The van der Waals surface area contributed by atoms with Gasteiger partial charge in [-0.2, -0.15) is 5.26 Å². The summed E-state index contributed by atoms with van der Waals surface area (Å²) in [5.74, 6) is -1.26. The predicted molar refractivity (Wildman–Crippen MR) is 107 cm³/mol. The van der Waals surface area contributed by atoms with E-state index in [1.165, 1.54) is 4.90 Å². The van der Waals surface area contributed by atoms with Gasteiger partial charge in [0.2, 0.25) is 0 Å². The van der Waals surface area contributed by atoms with Crippen LogP contribution in [0.25, 0.3) is 0 Å². The molecule has 150 valence electrons. The van der Waals surface area contributed by atoms with Crippen molar-refractivity contribution in [1.82, 2.24) is 5.32 Å². The lowest BCUT2D eigenvalue weighted by molar-refractivity contribution is -0.148. The molecule has 0 heterocycles. The Kier molecular flexibility index (Phi) is 8.00. The molecule has 0 spiro atoms. The monoisotopic (exact) mass is 414 g/mol. The molecule has 0 saturated heterocycles. The molecule has 0 saturated carbocycles. The van der Waals surface area contributed by atoms with E-state index in [0.29, 0.717) is 16.3 Å². The van der Waals surface area contributed by atoms with Crippen LogP contribution < -0.4 is 16.0 Å². The zero-order valence-corrected chi connectivity index (χ0v) is 16.1. The second-order valence-corrected chi connectivity index (χ2v) is 6.39. The van der Waals surface area contributed by atoms with Crippen LogP contribution in [-0.2, 0) is 14.3 Å². The Morgan fingerprint density at radius 3 is 2.38 bits per heavy atom. The lowest BCUT2D eigenvalue weighted by Gasteiger charge is -2.20. The Morgan fingerprint density at radius 1 is 1.14 bits per heavy atom. The Hall–Kier alpha value is -3.57. The van der Waals surface area contributed by atoms with Crippen molar-refractivity contribution >= 4 is 35.2 Å². The number of primary amides is 1. The van der Waals surface area contributed by atoms with Crippen LogP contribution in [0.4, 0.5) is 10.5 Å². The number of ether oxygens (including phenoxy) is 1. The molecule has 0 aliphatic heterocycles. The third-order valence-corrected chi connectivity index (χ3v) is 4.17. The first-order valence-corrected chi connectivity index (χ1v) is 8.98. The van der Waals surface area contributed by atoms with Gasteiger partial charge in [0.1, 0.15) is 6.54 Å². The minimum Gasteiger partial charge on any atom is -0.455 e.